The molecule has 0 aromatic rings. The smallest absolute Gasteiger partial charge is 0.306 e. The van der Waals surface area contributed by atoms with E-state index in [4.69, 9.17) is 14.2 Å². The first-order valence-electron chi connectivity index (χ1n) is 36.8. The molecule has 0 amide bonds. The van der Waals surface area contributed by atoms with E-state index in [9.17, 15) is 14.4 Å². The second-order valence-corrected chi connectivity index (χ2v) is 24.8. The van der Waals surface area contributed by atoms with E-state index in [1.807, 2.05) is 0 Å². The van der Waals surface area contributed by atoms with Gasteiger partial charge in [-0.25, -0.2) is 0 Å². The molecule has 0 N–H and O–H groups in total. The monoisotopic (exact) mass is 1160 g/mol. The summed E-state index contributed by atoms with van der Waals surface area (Å²) in [5.41, 5.74) is 0. The lowest BCUT2D eigenvalue weighted by Gasteiger charge is -2.18. The van der Waals surface area contributed by atoms with Crippen LogP contribution in [0.15, 0.2) is 60.8 Å². The largest absolute Gasteiger partial charge is 0.462 e. The van der Waals surface area contributed by atoms with Crippen molar-refractivity contribution < 1.29 is 28.6 Å². The molecule has 0 saturated carbocycles. The molecule has 0 heterocycles. The number of rotatable bonds is 68. The Morgan fingerprint density at radius 2 is 0.470 bits per heavy atom. The van der Waals surface area contributed by atoms with Gasteiger partial charge in [0.2, 0.25) is 0 Å². The van der Waals surface area contributed by atoms with E-state index < -0.39 is 6.10 Å². The highest BCUT2D eigenvalue weighted by Gasteiger charge is 2.19. The summed E-state index contributed by atoms with van der Waals surface area (Å²) in [7, 11) is 0. The number of ether oxygens (including phenoxy) is 3. The zero-order valence-electron chi connectivity index (χ0n) is 55.7. The topological polar surface area (TPSA) is 78.9 Å². The van der Waals surface area contributed by atoms with Crippen LogP contribution >= 0.6 is 0 Å². The fourth-order valence-electron chi connectivity index (χ4n) is 11.1. The minimum atomic E-state index is -0.776. The van der Waals surface area contributed by atoms with Crippen molar-refractivity contribution in [3.63, 3.8) is 0 Å². The summed E-state index contributed by atoms with van der Waals surface area (Å²) in [5.74, 6) is -0.848. The number of hydrogen-bond acceptors (Lipinski definition) is 6. The van der Waals surface area contributed by atoms with Crippen molar-refractivity contribution in [3.8, 4) is 0 Å². The highest BCUT2D eigenvalue weighted by atomic mass is 16.6. The molecule has 1 atom stereocenters. The summed E-state index contributed by atoms with van der Waals surface area (Å²) >= 11 is 0. The van der Waals surface area contributed by atoms with Crippen LogP contribution in [-0.2, 0) is 28.6 Å². The number of allylic oxidation sites excluding steroid dienone is 10. The maximum atomic E-state index is 13.0. The van der Waals surface area contributed by atoms with Crippen molar-refractivity contribution in [2.45, 2.75) is 399 Å². The van der Waals surface area contributed by atoms with Gasteiger partial charge in [-0.3, -0.25) is 14.4 Å². The predicted molar refractivity (Wildman–Crippen MR) is 362 cm³/mol. The highest BCUT2D eigenvalue weighted by Crippen LogP contribution is 2.19. The first kappa shape index (κ1) is 80.1. The third-order valence-electron chi connectivity index (χ3n) is 16.5. The Labute approximate surface area is 517 Å². The van der Waals surface area contributed by atoms with Crippen molar-refractivity contribution in [2.75, 3.05) is 13.2 Å². The quantitative estimate of drug-likeness (QED) is 0.0261. The average molecular weight is 1160 g/mol. The third-order valence-corrected chi connectivity index (χ3v) is 16.5. The number of unbranched alkanes of at least 4 members (excludes halogenated alkanes) is 47. The van der Waals surface area contributed by atoms with Crippen molar-refractivity contribution in [1.29, 1.82) is 0 Å². The van der Waals surface area contributed by atoms with E-state index in [-0.39, 0.29) is 31.1 Å². The number of carbonyl (C=O) groups excluding carboxylic acids is 3. The van der Waals surface area contributed by atoms with E-state index in [1.165, 1.54) is 257 Å². The molecule has 6 heteroatoms. The zero-order valence-corrected chi connectivity index (χ0v) is 55.7. The molecule has 0 rings (SSSR count). The molecule has 0 aliphatic rings. The van der Waals surface area contributed by atoms with Crippen LogP contribution in [-0.4, -0.2) is 37.2 Å². The van der Waals surface area contributed by atoms with Crippen molar-refractivity contribution in [1.82, 2.24) is 0 Å². The molecule has 0 bridgehead atoms. The molecule has 0 fully saturated rings. The average Bonchev–Trinajstić information content (AvgIpc) is 3.49. The van der Waals surface area contributed by atoms with Gasteiger partial charge in [-0.2, -0.15) is 0 Å². The molecule has 0 aliphatic carbocycles. The van der Waals surface area contributed by atoms with Crippen LogP contribution in [0.4, 0.5) is 0 Å². The zero-order chi connectivity index (χ0) is 59.9. The molecular formula is C77H140O6. The Morgan fingerprint density at radius 1 is 0.253 bits per heavy atom. The second-order valence-electron chi connectivity index (χ2n) is 24.8. The molecule has 0 radical (unpaired) electrons. The van der Waals surface area contributed by atoms with Gasteiger partial charge < -0.3 is 14.2 Å². The van der Waals surface area contributed by atoms with Gasteiger partial charge in [0, 0.05) is 19.3 Å². The molecule has 0 aliphatic heterocycles. The van der Waals surface area contributed by atoms with E-state index in [0.29, 0.717) is 19.3 Å². The highest BCUT2D eigenvalue weighted by molar-refractivity contribution is 5.71. The van der Waals surface area contributed by atoms with Gasteiger partial charge >= 0.3 is 17.9 Å². The lowest BCUT2D eigenvalue weighted by molar-refractivity contribution is -0.167. The molecule has 0 spiro atoms. The normalized spacial score (nSPS) is 12.4. The first-order valence-corrected chi connectivity index (χ1v) is 36.8. The fraction of sp³-hybridized carbons (Fsp3) is 0.831. The standard InChI is InChI=1S/C77H140O6/c1-4-7-10-13-16-19-22-25-28-30-32-34-36-38-40-41-43-45-47-49-52-55-58-61-64-67-70-76(79)82-73-74(72-81-75(78)69-66-63-60-57-54-51-27-24-21-18-15-12-9-6-3)83-77(80)71-68-65-62-59-56-53-50-48-46-44-42-39-37-35-33-31-29-26-23-20-17-14-11-8-5-2/h8,11,17,20,26,29,33,35,39,42,74H,4-7,9-10,12-16,18-19,21-25,27-28,30-32,34,36-38,40-41,43-73H2,1-3H3/b11-8-,20-17-,29-26-,35-33-,42-39-. The fourth-order valence-corrected chi connectivity index (χ4v) is 11.1. The second kappa shape index (κ2) is 71.6. The third kappa shape index (κ3) is 69.8. The number of esters is 3. The Balaban J connectivity index is 4.26. The van der Waals surface area contributed by atoms with Gasteiger partial charge in [-0.05, 0) is 64.2 Å². The summed E-state index contributed by atoms with van der Waals surface area (Å²) in [6, 6.07) is 0. The summed E-state index contributed by atoms with van der Waals surface area (Å²) < 4.78 is 17.0. The molecule has 0 aromatic carbocycles. The first-order chi connectivity index (χ1) is 41.0. The van der Waals surface area contributed by atoms with Gasteiger partial charge in [-0.15, -0.1) is 0 Å². The SMILES string of the molecule is CC/C=C\C/C=C\C/C=C\C/C=C\C/C=C\CCCCCCCCCCCC(=O)OC(COC(=O)CCCCCCCCCCCCCCCC)COC(=O)CCCCCCCCCCCCCCCCCCCCCCCCCCCC. The minimum absolute atomic E-state index is 0.0709. The molecular weight excluding hydrogens is 1020 g/mol. The van der Waals surface area contributed by atoms with Crippen LogP contribution in [0, 0.1) is 0 Å². The summed E-state index contributed by atoms with van der Waals surface area (Å²) in [4.78, 5) is 38.5. The molecule has 1 unspecified atom stereocenters. The number of hydrogen-bond donors (Lipinski definition) is 0. The van der Waals surface area contributed by atoms with E-state index >= 15 is 0 Å². The van der Waals surface area contributed by atoms with Crippen LogP contribution in [0.5, 0.6) is 0 Å². The van der Waals surface area contributed by atoms with E-state index in [1.54, 1.807) is 0 Å². The maximum Gasteiger partial charge on any atom is 0.306 e. The Kier molecular flexibility index (Phi) is 69.1. The van der Waals surface area contributed by atoms with Crippen molar-refractivity contribution in [2.24, 2.45) is 0 Å². The van der Waals surface area contributed by atoms with Gasteiger partial charge in [0.25, 0.3) is 0 Å². The summed E-state index contributed by atoms with van der Waals surface area (Å²) in [5, 5.41) is 0. The van der Waals surface area contributed by atoms with E-state index in [2.05, 4.69) is 81.5 Å². The van der Waals surface area contributed by atoms with Crippen LogP contribution in [0.25, 0.3) is 0 Å². The van der Waals surface area contributed by atoms with Crippen LogP contribution in [0.2, 0.25) is 0 Å². The van der Waals surface area contributed by atoms with Crippen LogP contribution in [0.3, 0.4) is 0 Å². The lowest BCUT2D eigenvalue weighted by Crippen LogP contribution is -2.30. The number of carbonyl (C=O) groups is 3. The molecule has 484 valence electrons. The maximum absolute atomic E-state index is 13.0. The molecule has 0 aromatic heterocycles. The Bertz CT molecular complexity index is 1470. The molecule has 6 nitrogen and oxygen atoms in total. The summed E-state index contributed by atoms with van der Waals surface area (Å²) in [6.45, 7) is 6.60. The lowest BCUT2D eigenvalue weighted by atomic mass is 10.0. The van der Waals surface area contributed by atoms with Gasteiger partial charge in [0.05, 0.1) is 0 Å². The Morgan fingerprint density at radius 3 is 0.735 bits per heavy atom. The van der Waals surface area contributed by atoms with Gasteiger partial charge in [0.15, 0.2) is 6.10 Å². The minimum Gasteiger partial charge on any atom is -0.462 e. The predicted octanol–water partition coefficient (Wildman–Crippen LogP) is 25.5. The van der Waals surface area contributed by atoms with Crippen molar-refractivity contribution >= 4 is 17.9 Å². The molecule has 0 saturated heterocycles. The van der Waals surface area contributed by atoms with Crippen LogP contribution in [0.1, 0.15) is 393 Å². The van der Waals surface area contributed by atoms with E-state index in [0.717, 1.165) is 96.3 Å². The van der Waals surface area contributed by atoms with Gasteiger partial charge in [0.1, 0.15) is 13.2 Å². The van der Waals surface area contributed by atoms with Crippen molar-refractivity contribution in [3.05, 3.63) is 60.8 Å². The van der Waals surface area contributed by atoms with Gasteiger partial charge in [-0.1, -0.05) is 370 Å². The van der Waals surface area contributed by atoms with Crippen LogP contribution < -0.4 is 0 Å². The Hall–Kier alpha value is -2.89. The molecule has 83 heavy (non-hydrogen) atoms. The summed E-state index contributed by atoms with van der Waals surface area (Å²) in [6.07, 6.45) is 92.6.